The summed E-state index contributed by atoms with van der Waals surface area (Å²) >= 11 is 0. The summed E-state index contributed by atoms with van der Waals surface area (Å²) in [5, 5.41) is 103. The van der Waals surface area contributed by atoms with E-state index in [-0.39, 0.29) is 13.2 Å². The number of hydrogen-bond donors (Lipinski definition) is 11. The lowest BCUT2D eigenvalue weighted by molar-refractivity contribution is -0.372. The number of aliphatic hydroxyl groups excluding tert-OH is 10. The van der Waals surface area contributed by atoms with Crippen molar-refractivity contribution >= 4 is 5.91 Å². The van der Waals surface area contributed by atoms with Gasteiger partial charge in [0.25, 0.3) is 0 Å². The van der Waals surface area contributed by atoms with Crippen molar-refractivity contribution in [2.24, 2.45) is 5.73 Å². The molecule has 6 aliphatic rings. The molecule has 12 N–H and O–H groups in total. The van der Waals surface area contributed by atoms with Crippen molar-refractivity contribution in [2.45, 2.75) is 123 Å². The van der Waals surface area contributed by atoms with Gasteiger partial charge in [0.05, 0.1) is 26.4 Å². The number of hydrogen-bond acceptors (Lipinski definition) is 20. The predicted molar refractivity (Wildman–Crippen MR) is 147 cm³/mol. The van der Waals surface area contributed by atoms with E-state index in [1.165, 1.54) is 0 Å². The maximum atomic E-state index is 11.1. The van der Waals surface area contributed by atoms with Crippen molar-refractivity contribution in [3.8, 4) is 0 Å². The fraction of sp³-hybridized carbons (Fsp3) is 0.889. The molecule has 6 aliphatic heterocycles. The smallest absolute Gasteiger partial charge is 0.240 e. The molecule has 0 radical (unpaired) electrons. The zero-order chi connectivity index (χ0) is 35.0. The van der Waals surface area contributed by atoms with Gasteiger partial charge in [-0.2, -0.15) is 0 Å². The van der Waals surface area contributed by atoms with Crippen molar-refractivity contribution in [3.63, 3.8) is 0 Å². The molecule has 21 nitrogen and oxygen atoms in total. The molecule has 6 rings (SSSR count). The first kappa shape index (κ1) is 37.7. The summed E-state index contributed by atoms with van der Waals surface area (Å²) in [6.45, 7) is 1.58. The highest BCUT2D eigenvalue weighted by Crippen LogP contribution is 2.38. The highest BCUT2D eigenvalue weighted by molar-refractivity contribution is 5.84. The van der Waals surface area contributed by atoms with Gasteiger partial charge in [-0.05, 0) is 6.08 Å². The Labute approximate surface area is 272 Å². The van der Waals surface area contributed by atoms with E-state index in [4.69, 9.17) is 42.6 Å². The Balaban J connectivity index is 0.000000840. The summed E-state index contributed by atoms with van der Waals surface area (Å²) in [4.78, 5) is 9.47. The van der Waals surface area contributed by atoms with Crippen LogP contribution in [0.25, 0.3) is 0 Å². The standard InChI is InChI=1S/C24H38O19.C3H5NO/c25-1-5-9(27)11(29)12(30)22(38-5)41-17-8-4-36-20(17)15(33)24(40-8)43-18-10(28)6(2-26)39-23(14(18)32)42-16-7-3-35-19(16)13(31)21(34)37-7;1-2-3(4)5/h5-34H,1-4H2;2H,1H2,(H2,4,5)/t5-,6-,7+,8+,9+,10-,11+,12-,13+,14-,15+,16+,17+,18+,19+,20+,21-,22+,23+,24+;/m1./s1. The normalized spacial score (nSPS) is 51.5. The molecule has 6 saturated heterocycles. The second kappa shape index (κ2) is 15.8. The van der Waals surface area contributed by atoms with E-state index in [2.05, 4.69) is 12.3 Å². The molecule has 6 fully saturated rings. The van der Waals surface area contributed by atoms with Gasteiger partial charge in [-0.3, -0.25) is 4.79 Å². The van der Waals surface area contributed by atoms with Crippen LogP contribution in [0, 0.1) is 0 Å². The zero-order valence-electron chi connectivity index (χ0n) is 25.3. The summed E-state index contributed by atoms with van der Waals surface area (Å²) in [6, 6.07) is 0. The van der Waals surface area contributed by atoms with Crippen LogP contribution < -0.4 is 5.73 Å². The number of aliphatic hydroxyl groups is 10. The Hall–Kier alpha value is -1.55. The molecule has 0 aromatic rings. The van der Waals surface area contributed by atoms with E-state index >= 15 is 0 Å². The van der Waals surface area contributed by atoms with Gasteiger partial charge >= 0.3 is 0 Å². The molecular formula is C27H43NO20. The van der Waals surface area contributed by atoms with E-state index in [0.717, 1.165) is 6.08 Å². The SMILES string of the molecule is C=CC(N)=O.OC[C@H]1O[C@@H](O[C@@H]2[C@H]3OC[C@@H]2O[C@@H](O[C@@H]2[C@@H](O)[C@H](O[C@@H]4[C@H]5OC[C@@H]4O[C@@H](O)[C@H]5O)O[C@H](CO)[C@H]2O)[C@H]3O)[C@H](O)[C@@H](O)[C@H]1O. The Morgan fingerprint density at radius 2 is 1.08 bits per heavy atom. The summed E-state index contributed by atoms with van der Waals surface area (Å²) in [7, 11) is 0. The van der Waals surface area contributed by atoms with Crippen molar-refractivity contribution in [2.75, 3.05) is 26.4 Å². The first-order chi connectivity index (χ1) is 22.8. The fourth-order valence-electron chi connectivity index (χ4n) is 6.28. The van der Waals surface area contributed by atoms with Crippen LogP contribution in [-0.2, 0) is 47.4 Å². The Kier molecular flexibility index (Phi) is 12.4. The van der Waals surface area contributed by atoms with Crippen molar-refractivity contribution < 1.29 is 98.5 Å². The average molecular weight is 702 g/mol. The van der Waals surface area contributed by atoms with Gasteiger partial charge < -0.3 is 99.4 Å². The number of primary amides is 1. The van der Waals surface area contributed by atoms with Gasteiger partial charge in [-0.25, -0.2) is 0 Å². The van der Waals surface area contributed by atoms with Gasteiger partial charge in [-0.1, -0.05) is 6.58 Å². The number of ether oxygens (including phenoxy) is 9. The highest BCUT2D eigenvalue weighted by atomic mass is 16.8. The Morgan fingerprint density at radius 1 is 0.625 bits per heavy atom. The second-order valence-corrected chi connectivity index (χ2v) is 12.0. The third kappa shape index (κ3) is 7.41. The second-order valence-electron chi connectivity index (χ2n) is 12.0. The first-order valence-electron chi connectivity index (χ1n) is 15.2. The van der Waals surface area contributed by atoms with Crippen LogP contribution in [-0.4, -0.2) is 206 Å². The average Bonchev–Trinajstić information content (AvgIpc) is 3.56. The first-order valence-corrected chi connectivity index (χ1v) is 15.2. The number of amides is 1. The third-order valence-electron chi connectivity index (χ3n) is 8.90. The lowest BCUT2D eigenvalue weighted by atomic mass is 9.96. The molecule has 6 heterocycles. The minimum absolute atomic E-state index is 0.0184. The highest BCUT2D eigenvalue weighted by Gasteiger charge is 2.58. The largest absolute Gasteiger partial charge is 0.394 e. The topological polar surface area (TPSA) is 328 Å². The fourth-order valence-corrected chi connectivity index (χ4v) is 6.28. The van der Waals surface area contributed by atoms with Crippen LogP contribution in [0.2, 0.25) is 0 Å². The van der Waals surface area contributed by atoms with Crippen LogP contribution in [0.1, 0.15) is 0 Å². The van der Waals surface area contributed by atoms with Crippen LogP contribution >= 0.6 is 0 Å². The van der Waals surface area contributed by atoms with Crippen LogP contribution in [0.4, 0.5) is 0 Å². The number of nitrogens with two attached hydrogens (primary N) is 1. The molecule has 0 aromatic carbocycles. The molecule has 20 atom stereocenters. The van der Waals surface area contributed by atoms with E-state index in [1.807, 2.05) is 0 Å². The Bertz CT molecular complexity index is 1090. The van der Waals surface area contributed by atoms with Crippen LogP contribution in [0.3, 0.4) is 0 Å². The molecule has 0 aliphatic carbocycles. The Morgan fingerprint density at radius 3 is 1.62 bits per heavy atom. The van der Waals surface area contributed by atoms with Crippen molar-refractivity contribution in [1.29, 1.82) is 0 Å². The lowest BCUT2D eigenvalue weighted by Crippen LogP contribution is -2.65. The quantitative estimate of drug-likeness (QED) is 0.0994. The van der Waals surface area contributed by atoms with Gasteiger partial charge in [0.15, 0.2) is 25.2 Å². The van der Waals surface area contributed by atoms with Crippen LogP contribution in [0.5, 0.6) is 0 Å². The summed E-state index contributed by atoms with van der Waals surface area (Å²) < 4.78 is 50.5. The molecule has 276 valence electrons. The maximum Gasteiger partial charge on any atom is 0.240 e. The van der Waals surface area contributed by atoms with E-state index < -0.39 is 142 Å². The monoisotopic (exact) mass is 701 g/mol. The molecule has 48 heavy (non-hydrogen) atoms. The van der Waals surface area contributed by atoms with Crippen molar-refractivity contribution in [3.05, 3.63) is 12.7 Å². The number of carbonyl (C=O) groups excluding carboxylic acids is 1. The molecule has 0 spiro atoms. The van der Waals surface area contributed by atoms with E-state index in [9.17, 15) is 55.9 Å². The minimum atomic E-state index is -1.72. The maximum absolute atomic E-state index is 11.1. The minimum Gasteiger partial charge on any atom is -0.394 e. The van der Waals surface area contributed by atoms with Gasteiger partial charge in [0.2, 0.25) is 5.91 Å². The zero-order valence-corrected chi connectivity index (χ0v) is 25.3. The summed E-state index contributed by atoms with van der Waals surface area (Å²) in [6.07, 6.45) is -26.4. The number of carbonyl (C=O) groups is 1. The molecule has 0 aromatic heterocycles. The van der Waals surface area contributed by atoms with Crippen LogP contribution in [0.15, 0.2) is 12.7 Å². The van der Waals surface area contributed by atoms with Gasteiger partial charge in [0.1, 0.15) is 97.7 Å². The molecule has 21 heteroatoms. The molecule has 4 bridgehead atoms. The molecular weight excluding hydrogens is 658 g/mol. The van der Waals surface area contributed by atoms with Gasteiger partial charge in [-0.15, -0.1) is 0 Å². The van der Waals surface area contributed by atoms with E-state index in [0.29, 0.717) is 0 Å². The lowest BCUT2D eigenvalue weighted by Gasteiger charge is -2.47. The predicted octanol–water partition coefficient (Wildman–Crippen LogP) is -8.00. The summed E-state index contributed by atoms with van der Waals surface area (Å²) in [5.74, 6) is -0.481. The third-order valence-corrected chi connectivity index (χ3v) is 8.90. The van der Waals surface area contributed by atoms with Crippen molar-refractivity contribution in [1.82, 2.24) is 0 Å². The molecule has 0 saturated carbocycles. The van der Waals surface area contributed by atoms with E-state index in [1.54, 1.807) is 0 Å². The van der Waals surface area contributed by atoms with Gasteiger partial charge in [0, 0.05) is 0 Å². The number of rotatable bonds is 9. The summed E-state index contributed by atoms with van der Waals surface area (Å²) in [5.41, 5.74) is 4.53. The molecule has 1 amide bonds. The molecule has 0 unspecified atom stereocenters. The number of fused-ring (bicyclic) bond motifs is 4.